The molecule has 0 saturated carbocycles. The summed E-state index contributed by atoms with van der Waals surface area (Å²) >= 11 is 0. The second-order valence-corrected chi connectivity index (χ2v) is 8.06. The largest absolute Gasteiger partial charge is 0.383 e. The molecular formula is C21H44IN5O. The fourth-order valence-electron chi connectivity index (χ4n) is 4.28. The zero-order valence-corrected chi connectivity index (χ0v) is 21.0. The fraction of sp³-hybridized carbons (Fsp3) is 0.952. The summed E-state index contributed by atoms with van der Waals surface area (Å²) in [5.41, 5.74) is 0. The van der Waals surface area contributed by atoms with Gasteiger partial charge in [-0.15, -0.1) is 24.0 Å². The van der Waals surface area contributed by atoms with Crippen LogP contribution >= 0.6 is 24.0 Å². The first-order valence-corrected chi connectivity index (χ1v) is 11.2. The van der Waals surface area contributed by atoms with Gasteiger partial charge in [0.25, 0.3) is 0 Å². The number of hydrogen-bond acceptors (Lipinski definition) is 4. The molecule has 2 aliphatic heterocycles. The van der Waals surface area contributed by atoms with Crippen LogP contribution in [0.4, 0.5) is 0 Å². The van der Waals surface area contributed by atoms with Crippen LogP contribution in [-0.2, 0) is 4.74 Å². The van der Waals surface area contributed by atoms with Gasteiger partial charge in [-0.1, -0.05) is 13.8 Å². The van der Waals surface area contributed by atoms with E-state index in [1.54, 1.807) is 7.11 Å². The molecule has 0 radical (unpaired) electrons. The van der Waals surface area contributed by atoms with Crippen LogP contribution in [0.3, 0.4) is 0 Å². The van der Waals surface area contributed by atoms with Crippen molar-refractivity contribution in [1.29, 1.82) is 0 Å². The van der Waals surface area contributed by atoms with Gasteiger partial charge in [0.05, 0.1) is 6.61 Å². The maximum Gasteiger partial charge on any atom is 0.193 e. The Balaban J connectivity index is 0.00000392. The van der Waals surface area contributed by atoms with Crippen LogP contribution in [0.2, 0.25) is 0 Å². The molecule has 2 fully saturated rings. The van der Waals surface area contributed by atoms with E-state index >= 15 is 0 Å². The van der Waals surface area contributed by atoms with Crippen LogP contribution in [0.25, 0.3) is 0 Å². The first kappa shape index (κ1) is 25.9. The number of aliphatic imine (C=N–C) groups is 1. The van der Waals surface area contributed by atoms with Crippen molar-refractivity contribution in [3.63, 3.8) is 0 Å². The minimum atomic E-state index is 0. The Labute approximate surface area is 190 Å². The van der Waals surface area contributed by atoms with E-state index in [4.69, 9.17) is 9.73 Å². The van der Waals surface area contributed by atoms with Crippen molar-refractivity contribution in [3.8, 4) is 0 Å². The predicted molar refractivity (Wildman–Crippen MR) is 130 cm³/mol. The second kappa shape index (κ2) is 14.8. The molecule has 0 aromatic rings. The molecule has 28 heavy (non-hydrogen) atoms. The monoisotopic (exact) mass is 509 g/mol. The molecule has 1 atom stereocenters. The zero-order valence-electron chi connectivity index (χ0n) is 18.7. The number of ether oxygens (including phenoxy) is 1. The summed E-state index contributed by atoms with van der Waals surface area (Å²) in [6.45, 7) is 18.8. The third kappa shape index (κ3) is 8.71. The lowest BCUT2D eigenvalue weighted by molar-refractivity contribution is 0.121. The molecule has 2 aliphatic rings. The van der Waals surface area contributed by atoms with Gasteiger partial charge in [0.15, 0.2) is 5.96 Å². The maximum atomic E-state index is 5.20. The quantitative estimate of drug-likeness (QED) is 0.279. The molecule has 0 aromatic heterocycles. The molecule has 2 rings (SSSR count). The molecule has 0 spiro atoms. The van der Waals surface area contributed by atoms with Crippen molar-refractivity contribution in [2.75, 3.05) is 79.2 Å². The van der Waals surface area contributed by atoms with Crippen molar-refractivity contribution in [2.24, 2.45) is 16.8 Å². The Morgan fingerprint density at radius 1 is 1.07 bits per heavy atom. The highest BCUT2D eigenvalue weighted by atomic mass is 127. The van der Waals surface area contributed by atoms with Crippen LogP contribution in [0.15, 0.2) is 4.99 Å². The summed E-state index contributed by atoms with van der Waals surface area (Å²) in [6, 6.07) is 0. The van der Waals surface area contributed by atoms with E-state index in [0.717, 1.165) is 70.2 Å². The maximum absolute atomic E-state index is 5.20. The number of nitrogens with zero attached hydrogens (tertiary/aromatic N) is 4. The topological polar surface area (TPSA) is 43.3 Å². The highest BCUT2D eigenvalue weighted by Crippen LogP contribution is 2.20. The van der Waals surface area contributed by atoms with Gasteiger partial charge in [-0.2, -0.15) is 0 Å². The van der Waals surface area contributed by atoms with Crippen LogP contribution in [0, 0.1) is 11.8 Å². The van der Waals surface area contributed by atoms with Gasteiger partial charge in [0.2, 0.25) is 0 Å². The molecule has 0 amide bonds. The summed E-state index contributed by atoms with van der Waals surface area (Å²) in [6.07, 6.45) is 3.81. The average Bonchev–Trinajstić information content (AvgIpc) is 3.17. The lowest BCUT2D eigenvalue weighted by atomic mass is 9.97. The average molecular weight is 510 g/mol. The van der Waals surface area contributed by atoms with E-state index in [2.05, 4.69) is 40.8 Å². The Hall–Kier alpha value is -0.120. The summed E-state index contributed by atoms with van der Waals surface area (Å²) in [5, 5.41) is 3.54. The molecular weight excluding hydrogens is 465 g/mol. The molecule has 166 valence electrons. The molecule has 6 nitrogen and oxygen atoms in total. The van der Waals surface area contributed by atoms with Gasteiger partial charge in [-0.3, -0.25) is 4.99 Å². The van der Waals surface area contributed by atoms with Crippen molar-refractivity contribution in [1.82, 2.24) is 20.0 Å². The molecule has 1 unspecified atom stereocenters. The minimum absolute atomic E-state index is 0. The van der Waals surface area contributed by atoms with Crippen molar-refractivity contribution in [3.05, 3.63) is 0 Å². The summed E-state index contributed by atoms with van der Waals surface area (Å²) in [4.78, 5) is 12.6. The molecule has 2 heterocycles. The minimum Gasteiger partial charge on any atom is -0.383 e. The van der Waals surface area contributed by atoms with Crippen LogP contribution in [0.1, 0.15) is 40.0 Å². The smallest absolute Gasteiger partial charge is 0.193 e. The van der Waals surface area contributed by atoms with Gasteiger partial charge < -0.3 is 24.8 Å². The highest BCUT2D eigenvalue weighted by molar-refractivity contribution is 14.0. The number of likely N-dealkylation sites (tertiary alicyclic amines) is 2. The number of hydrogen-bond donors (Lipinski definition) is 1. The van der Waals surface area contributed by atoms with Crippen molar-refractivity contribution < 1.29 is 4.74 Å². The third-order valence-electron chi connectivity index (χ3n) is 6.15. The molecule has 0 aliphatic carbocycles. The Bertz CT molecular complexity index is 425. The number of nitrogens with one attached hydrogen (secondary N) is 1. The van der Waals surface area contributed by atoms with Crippen LogP contribution in [0.5, 0.6) is 0 Å². The van der Waals surface area contributed by atoms with Gasteiger partial charge in [-0.25, -0.2) is 0 Å². The number of halogens is 1. The highest BCUT2D eigenvalue weighted by Gasteiger charge is 2.26. The molecule has 1 N–H and O–H groups in total. The SMILES string of the molecule is CCNC(=NCC1CCN(CCOC)CC1)N1CCC(CN(CC)CC)C1.I. The van der Waals surface area contributed by atoms with Gasteiger partial charge in [0, 0.05) is 46.4 Å². The zero-order chi connectivity index (χ0) is 19.5. The predicted octanol–water partition coefficient (Wildman–Crippen LogP) is 2.59. The Morgan fingerprint density at radius 3 is 2.36 bits per heavy atom. The van der Waals surface area contributed by atoms with E-state index in [1.807, 2.05) is 0 Å². The molecule has 0 bridgehead atoms. The van der Waals surface area contributed by atoms with Gasteiger partial charge >= 0.3 is 0 Å². The van der Waals surface area contributed by atoms with Crippen molar-refractivity contribution in [2.45, 2.75) is 40.0 Å². The lowest BCUT2D eigenvalue weighted by Gasteiger charge is -2.31. The normalized spacial score (nSPS) is 22.0. The summed E-state index contributed by atoms with van der Waals surface area (Å²) in [7, 11) is 1.79. The van der Waals surface area contributed by atoms with E-state index in [9.17, 15) is 0 Å². The van der Waals surface area contributed by atoms with Gasteiger partial charge in [0.1, 0.15) is 0 Å². The number of rotatable bonds is 10. The fourth-order valence-corrected chi connectivity index (χ4v) is 4.28. The van der Waals surface area contributed by atoms with Gasteiger partial charge in [-0.05, 0) is 64.2 Å². The lowest BCUT2D eigenvalue weighted by Crippen LogP contribution is -2.41. The Morgan fingerprint density at radius 2 is 1.75 bits per heavy atom. The molecule has 0 aromatic carbocycles. The first-order chi connectivity index (χ1) is 13.2. The Kier molecular flexibility index (Phi) is 13.7. The van der Waals surface area contributed by atoms with E-state index in [0.29, 0.717) is 0 Å². The molecule has 7 heteroatoms. The standard InChI is InChI=1S/C21H43N5O.HI/c1-5-22-21(26-13-10-20(18-26)17-24(6-2)7-3)23-16-19-8-11-25(12-9-19)14-15-27-4;/h19-20H,5-18H2,1-4H3,(H,22,23);1H. The third-order valence-corrected chi connectivity index (χ3v) is 6.15. The summed E-state index contributed by atoms with van der Waals surface area (Å²) < 4.78 is 5.20. The van der Waals surface area contributed by atoms with E-state index in [-0.39, 0.29) is 24.0 Å². The van der Waals surface area contributed by atoms with E-state index in [1.165, 1.54) is 38.9 Å². The second-order valence-electron chi connectivity index (χ2n) is 8.06. The van der Waals surface area contributed by atoms with Crippen LogP contribution in [-0.4, -0.2) is 99.8 Å². The number of guanidine groups is 1. The summed E-state index contributed by atoms with van der Waals surface area (Å²) in [5.74, 6) is 2.64. The number of piperidine rings is 1. The number of methoxy groups -OCH3 is 1. The van der Waals surface area contributed by atoms with Crippen LogP contribution < -0.4 is 5.32 Å². The van der Waals surface area contributed by atoms with E-state index < -0.39 is 0 Å². The van der Waals surface area contributed by atoms with Crippen molar-refractivity contribution >= 4 is 29.9 Å². The first-order valence-electron chi connectivity index (χ1n) is 11.2. The molecule has 2 saturated heterocycles.